The minimum absolute atomic E-state index is 0.0775. The van der Waals surface area contributed by atoms with Crippen LogP contribution >= 0.6 is 11.3 Å². The lowest BCUT2D eigenvalue weighted by atomic mass is 10.1. The Morgan fingerprint density at radius 2 is 2.13 bits per heavy atom. The van der Waals surface area contributed by atoms with Gasteiger partial charge < -0.3 is 9.88 Å². The number of aryl methyl sites for hydroxylation is 3. The van der Waals surface area contributed by atoms with Crippen molar-refractivity contribution in [3.8, 4) is 0 Å². The van der Waals surface area contributed by atoms with Gasteiger partial charge in [0.25, 0.3) is 5.56 Å². The molecule has 0 aliphatic heterocycles. The largest absolute Gasteiger partial charge is 0.307 e. The highest BCUT2D eigenvalue weighted by Crippen LogP contribution is 2.20. The van der Waals surface area contributed by atoms with E-state index in [4.69, 9.17) is 0 Å². The van der Waals surface area contributed by atoms with Crippen LogP contribution < -0.4 is 10.9 Å². The second-order valence-electron chi connectivity index (χ2n) is 5.42. The molecule has 2 aromatic heterocycles. The fourth-order valence-corrected chi connectivity index (χ4v) is 3.23. The van der Waals surface area contributed by atoms with Crippen LogP contribution in [-0.2, 0) is 11.3 Å². The number of pyridine rings is 1. The normalized spacial score (nSPS) is 10.9. The molecule has 0 bridgehead atoms. The third-order valence-corrected chi connectivity index (χ3v) is 4.47. The molecular weight excluding hydrogens is 310 g/mol. The number of nitrogens with one attached hydrogen (secondary N) is 1. The van der Waals surface area contributed by atoms with Gasteiger partial charge in [-0.25, -0.2) is 4.98 Å². The van der Waals surface area contributed by atoms with Gasteiger partial charge in [-0.05, 0) is 25.0 Å². The lowest BCUT2D eigenvalue weighted by molar-refractivity contribution is -0.116. The number of carbonyl (C=O) groups excluding carboxylic acids is 1. The molecule has 23 heavy (non-hydrogen) atoms. The van der Waals surface area contributed by atoms with E-state index in [9.17, 15) is 9.59 Å². The average molecular weight is 327 g/mol. The summed E-state index contributed by atoms with van der Waals surface area (Å²) < 4.78 is 1.68. The molecule has 0 fully saturated rings. The Balaban J connectivity index is 1.88. The fraction of sp³-hybridized carbons (Fsp3) is 0.235. The number of amides is 1. The third-order valence-electron chi connectivity index (χ3n) is 3.78. The summed E-state index contributed by atoms with van der Waals surface area (Å²) in [6.07, 6.45) is 1.87. The molecule has 0 aliphatic carbocycles. The SMILES string of the molecule is Cc1cc(=O)n(CCC(=O)Nc2nccs2)c2c(C)cccc12. The molecule has 0 aliphatic rings. The smallest absolute Gasteiger partial charge is 0.251 e. The van der Waals surface area contributed by atoms with Crippen molar-refractivity contribution in [2.45, 2.75) is 26.8 Å². The molecule has 118 valence electrons. The van der Waals surface area contributed by atoms with E-state index in [1.807, 2.05) is 32.0 Å². The van der Waals surface area contributed by atoms with Gasteiger partial charge in [0.1, 0.15) is 0 Å². The molecule has 0 unspecified atom stereocenters. The summed E-state index contributed by atoms with van der Waals surface area (Å²) in [5.74, 6) is -0.144. The summed E-state index contributed by atoms with van der Waals surface area (Å²) in [4.78, 5) is 28.4. The Bertz CT molecular complexity index is 913. The maximum atomic E-state index is 12.4. The van der Waals surface area contributed by atoms with Crippen molar-refractivity contribution >= 4 is 33.3 Å². The standard InChI is InChI=1S/C17H17N3O2S/c1-11-4-3-5-13-12(2)10-15(22)20(16(11)13)8-6-14(21)19-17-18-7-9-23-17/h3-5,7,9-10H,6,8H2,1-2H3,(H,18,19,21). The van der Waals surface area contributed by atoms with E-state index < -0.39 is 0 Å². The van der Waals surface area contributed by atoms with E-state index in [2.05, 4.69) is 10.3 Å². The van der Waals surface area contributed by atoms with Crippen molar-refractivity contribution in [2.24, 2.45) is 0 Å². The predicted molar refractivity (Wildman–Crippen MR) is 93.0 cm³/mol. The molecule has 0 saturated heterocycles. The summed E-state index contributed by atoms with van der Waals surface area (Å²) >= 11 is 1.37. The number of rotatable bonds is 4. The van der Waals surface area contributed by atoms with Gasteiger partial charge in [0.05, 0.1) is 5.52 Å². The van der Waals surface area contributed by atoms with Crippen LogP contribution in [0.1, 0.15) is 17.5 Å². The lowest BCUT2D eigenvalue weighted by Crippen LogP contribution is -2.24. The Morgan fingerprint density at radius 3 is 2.87 bits per heavy atom. The average Bonchev–Trinajstić information content (AvgIpc) is 3.00. The molecule has 5 nitrogen and oxygen atoms in total. The van der Waals surface area contributed by atoms with Gasteiger partial charge in [0, 0.05) is 36.0 Å². The van der Waals surface area contributed by atoms with Crippen molar-refractivity contribution < 1.29 is 4.79 Å². The number of hydrogen-bond donors (Lipinski definition) is 1. The molecule has 0 spiro atoms. The maximum absolute atomic E-state index is 12.4. The van der Waals surface area contributed by atoms with E-state index in [0.29, 0.717) is 11.7 Å². The molecule has 6 heteroatoms. The topological polar surface area (TPSA) is 64.0 Å². The van der Waals surface area contributed by atoms with Gasteiger partial charge >= 0.3 is 0 Å². The highest BCUT2D eigenvalue weighted by atomic mass is 32.1. The first-order chi connectivity index (χ1) is 11.1. The summed E-state index contributed by atoms with van der Waals surface area (Å²) in [6, 6.07) is 7.59. The van der Waals surface area contributed by atoms with Crippen molar-refractivity contribution in [1.82, 2.24) is 9.55 Å². The van der Waals surface area contributed by atoms with Crippen LogP contribution in [0.4, 0.5) is 5.13 Å². The molecule has 0 saturated carbocycles. The number of para-hydroxylation sites is 1. The van der Waals surface area contributed by atoms with Crippen LogP contribution in [-0.4, -0.2) is 15.5 Å². The van der Waals surface area contributed by atoms with E-state index in [0.717, 1.165) is 22.0 Å². The van der Waals surface area contributed by atoms with E-state index in [-0.39, 0.29) is 17.9 Å². The van der Waals surface area contributed by atoms with Gasteiger partial charge in [-0.2, -0.15) is 0 Å². The van der Waals surface area contributed by atoms with Crippen molar-refractivity contribution in [3.05, 3.63) is 57.3 Å². The zero-order valence-corrected chi connectivity index (χ0v) is 13.8. The number of hydrogen-bond acceptors (Lipinski definition) is 4. The Labute approximate surface area is 137 Å². The van der Waals surface area contributed by atoms with Gasteiger partial charge in [-0.15, -0.1) is 11.3 Å². The molecule has 0 atom stereocenters. The number of fused-ring (bicyclic) bond motifs is 1. The number of nitrogens with zero attached hydrogens (tertiary/aromatic N) is 2. The summed E-state index contributed by atoms with van der Waals surface area (Å²) in [5, 5.41) is 6.16. The van der Waals surface area contributed by atoms with Gasteiger partial charge in [0.15, 0.2) is 5.13 Å². The van der Waals surface area contributed by atoms with Crippen LogP contribution in [0.15, 0.2) is 40.6 Å². The summed E-state index contributed by atoms with van der Waals surface area (Å²) in [5.41, 5.74) is 2.81. The van der Waals surface area contributed by atoms with Crippen molar-refractivity contribution in [1.29, 1.82) is 0 Å². The van der Waals surface area contributed by atoms with Crippen LogP contribution in [0.2, 0.25) is 0 Å². The van der Waals surface area contributed by atoms with Crippen LogP contribution in [0, 0.1) is 13.8 Å². The first-order valence-corrected chi connectivity index (χ1v) is 8.23. The molecule has 3 rings (SSSR count). The Kier molecular flexibility index (Phi) is 4.25. The van der Waals surface area contributed by atoms with Crippen LogP contribution in [0.3, 0.4) is 0 Å². The lowest BCUT2D eigenvalue weighted by Gasteiger charge is -2.13. The molecule has 3 aromatic rings. The monoisotopic (exact) mass is 327 g/mol. The third kappa shape index (κ3) is 3.17. The highest BCUT2D eigenvalue weighted by Gasteiger charge is 2.11. The summed E-state index contributed by atoms with van der Waals surface area (Å²) in [7, 11) is 0. The molecular formula is C17H17N3O2S. The van der Waals surface area contributed by atoms with E-state index in [1.165, 1.54) is 11.3 Å². The highest BCUT2D eigenvalue weighted by molar-refractivity contribution is 7.13. The predicted octanol–water partition coefficient (Wildman–Crippen LogP) is 3.10. The van der Waals surface area contributed by atoms with Gasteiger partial charge in [-0.1, -0.05) is 18.2 Å². The Morgan fingerprint density at radius 1 is 1.30 bits per heavy atom. The Hall–Kier alpha value is -2.47. The number of thiazole rings is 1. The second-order valence-corrected chi connectivity index (χ2v) is 6.32. The molecule has 1 N–H and O–H groups in total. The maximum Gasteiger partial charge on any atom is 0.251 e. The first-order valence-electron chi connectivity index (χ1n) is 7.35. The molecule has 2 heterocycles. The number of anilines is 1. The number of carbonyl (C=O) groups is 1. The quantitative estimate of drug-likeness (QED) is 0.801. The van der Waals surface area contributed by atoms with Crippen LogP contribution in [0.5, 0.6) is 0 Å². The van der Waals surface area contributed by atoms with Gasteiger partial charge in [0.2, 0.25) is 5.91 Å². The summed E-state index contributed by atoms with van der Waals surface area (Å²) in [6.45, 7) is 4.26. The second kappa shape index (κ2) is 6.34. The zero-order chi connectivity index (χ0) is 16.4. The minimum atomic E-state index is -0.144. The number of aromatic nitrogens is 2. The molecule has 0 radical (unpaired) electrons. The van der Waals surface area contributed by atoms with Crippen molar-refractivity contribution in [3.63, 3.8) is 0 Å². The molecule has 1 aromatic carbocycles. The van der Waals surface area contributed by atoms with E-state index >= 15 is 0 Å². The van der Waals surface area contributed by atoms with Crippen molar-refractivity contribution in [2.75, 3.05) is 5.32 Å². The zero-order valence-electron chi connectivity index (χ0n) is 13.0. The van der Waals surface area contributed by atoms with Gasteiger partial charge in [-0.3, -0.25) is 9.59 Å². The number of benzene rings is 1. The molecule has 1 amide bonds. The van der Waals surface area contributed by atoms with Crippen LogP contribution in [0.25, 0.3) is 10.9 Å². The van der Waals surface area contributed by atoms with E-state index in [1.54, 1.807) is 22.2 Å². The minimum Gasteiger partial charge on any atom is -0.307 e. The fourth-order valence-electron chi connectivity index (χ4n) is 2.69. The first kappa shape index (κ1) is 15.4.